The van der Waals surface area contributed by atoms with E-state index in [2.05, 4.69) is 34.5 Å². The van der Waals surface area contributed by atoms with Gasteiger partial charge >= 0.3 is 0 Å². The van der Waals surface area contributed by atoms with Crippen LogP contribution in [0.25, 0.3) is 0 Å². The molecule has 0 saturated heterocycles. The van der Waals surface area contributed by atoms with Crippen LogP contribution in [-0.4, -0.2) is 27.3 Å². The summed E-state index contributed by atoms with van der Waals surface area (Å²) >= 11 is 0. The maximum absolute atomic E-state index is 12.2. The molecular formula is C20H22N4O2. The van der Waals surface area contributed by atoms with Crippen LogP contribution in [0.1, 0.15) is 17.5 Å². The Bertz CT molecular complexity index is 847. The molecule has 6 heteroatoms. The number of hydrogen-bond acceptors (Lipinski definition) is 4. The molecule has 0 aliphatic rings. The standard InChI is InChI=1S/C20H22N4O2/c1-16-4-2-5-17(12-16)8-9-20(25)23-18-6-3-7-19(13-18)26-11-10-24-15-21-14-22-24/h2-7,12-15H,8-11H2,1H3,(H,23,25). The largest absolute Gasteiger partial charge is 0.492 e. The molecular weight excluding hydrogens is 328 g/mol. The van der Waals surface area contributed by atoms with Crippen molar-refractivity contribution in [3.63, 3.8) is 0 Å². The third-order valence-corrected chi connectivity index (χ3v) is 3.90. The predicted octanol–water partition coefficient (Wildman–Crippen LogP) is 3.24. The molecule has 26 heavy (non-hydrogen) atoms. The smallest absolute Gasteiger partial charge is 0.224 e. The van der Waals surface area contributed by atoms with Gasteiger partial charge in [-0.3, -0.25) is 4.79 Å². The first-order chi connectivity index (χ1) is 12.7. The molecule has 0 spiro atoms. The van der Waals surface area contributed by atoms with Crippen molar-refractivity contribution < 1.29 is 9.53 Å². The average molecular weight is 350 g/mol. The van der Waals surface area contributed by atoms with Gasteiger partial charge in [-0.2, -0.15) is 5.10 Å². The molecule has 0 aliphatic carbocycles. The van der Waals surface area contributed by atoms with Gasteiger partial charge < -0.3 is 10.1 Å². The van der Waals surface area contributed by atoms with Gasteiger partial charge in [0.05, 0.1) is 6.54 Å². The molecule has 0 aliphatic heterocycles. The number of hydrogen-bond donors (Lipinski definition) is 1. The fourth-order valence-corrected chi connectivity index (χ4v) is 2.62. The topological polar surface area (TPSA) is 69.0 Å². The van der Waals surface area contributed by atoms with Crippen molar-refractivity contribution in [2.75, 3.05) is 11.9 Å². The lowest BCUT2D eigenvalue weighted by atomic mass is 10.1. The molecule has 0 fully saturated rings. The first-order valence-corrected chi connectivity index (χ1v) is 8.60. The molecule has 0 bridgehead atoms. The molecule has 3 rings (SSSR count). The van der Waals surface area contributed by atoms with Crippen LogP contribution in [0.2, 0.25) is 0 Å². The molecule has 3 aromatic rings. The number of rotatable bonds is 8. The normalized spacial score (nSPS) is 10.5. The second-order valence-electron chi connectivity index (χ2n) is 6.07. The predicted molar refractivity (Wildman–Crippen MR) is 100 cm³/mol. The SMILES string of the molecule is Cc1cccc(CCC(=O)Nc2cccc(OCCn3cncn3)c2)c1. The van der Waals surface area contributed by atoms with Crippen molar-refractivity contribution in [1.82, 2.24) is 14.8 Å². The van der Waals surface area contributed by atoms with Gasteiger partial charge in [0, 0.05) is 18.2 Å². The van der Waals surface area contributed by atoms with Crippen molar-refractivity contribution in [2.24, 2.45) is 0 Å². The van der Waals surface area contributed by atoms with Gasteiger partial charge in [-0.15, -0.1) is 0 Å². The minimum Gasteiger partial charge on any atom is -0.492 e. The van der Waals surface area contributed by atoms with Gasteiger partial charge in [-0.25, -0.2) is 9.67 Å². The van der Waals surface area contributed by atoms with E-state index in [1.165, 1.54) is 17.5 Å². The lowest BCUT2D eigenvalue weighted by Gasteiger charge is -2.09. The number of amides is 1. The highest BCUT2D eigenvalue weighted by molar-refractivity contribution is 5.91. The van der Waals surface area contributed by atoms with Crippen LogP contribution >= 0.6 is 0 Å². The fourth-order valence-electron chi connectivity index (χ4n) is 2.62. The summed E-state index contributed by atoms with van der Waals surface area (Å²) in [5.74, 6) is 0.702. The molecule has 6 nitrogen and oxygen atoms in total. The van der Waals surface area contributed by atoms with E-state index in [1.54, 1.807) is 11.0 Å². The zero-order chi connectivity index (χ0) is 18.2. The second kappa shape index (κ2) is 8.80. The molecule has 0 unspecified atom stereocenters. The monoisotopic (exact) mass is 350 g/mol. The summed E-state index contributed by atoms with van der Waals surface area (Å²) in [6.07, 6.45) is 4.31. The summed E-state index contributed by atoms with van der Waals surface area (Å²) in [7, 11) is 0. The molecule has 1 aromatic heterocycles. The van der Waals surface area contributed by atoms with E-state index in [9.17, 15) is 4.79 Å². The molecule has 0 saturated carbocycles. The molecule has 1 N–H and O–H groups in total. The summed E-state index contributed by atoms with van der Waals surface area (Å²) in [4.78, 5) is 16.1. The van der Waals surface area contributed by atoms with E-state index in [0.717, 1.165) is 12.1 Å². The third kappa shape index (κ3) is 5.44. The highest BCUT2D eigenvalue weighted by Gasteiger charge is 2.05. The van der Waals surface area contributed by atoms with E-state index in [1.807, 2.05) is 36.4 Å². The lowest BCUT2D eigenvalue weighted by Crippen LogP contribution is -2.12. The summed E-state index contributed by atoms with van der Waals surface area (Å²) in [5, 5.41) is 6.95. The summed E-state index contributed by atoms with van der Waals surface area (Å²) in [5.41, 5.74) is 3.11. The van der Waals surface area contributed by atoms with Gasteiger partial charge in [0.25, 0.3) is 0 Å². The number of aryl methyl sites for hydroxylation is 2. The Hall–Kier alpha value is -3.15. The minimum atomic E-state index is -0.00808. The van der Waals surface area contributed by atoms with E-state index >= 15 is 0 Å². The Morgan fingerprint density at radius 3 is 2.88 bits per heavy atom. The van der Waals surface area contributed by atoms with Crippen molar-refractivity contribution in [3.8, 4) is 5.75 Å². The van der Waals surface area contributed by atoms with Crippen LogP contribution in [0, 0.1) is 6.92 Å². The van der Waals surface area contributed by atoms with Gasteiger partial charge in [-0.05, 0) is 31.0 Å². The summed E-state index contributed by atoms with van der Waals surface area (Å²) in [6.45, 7) is 3.15. The van der Waals surface area contributed by atoms with Crippen LogP contribution in [0.4, 0.5) is 5.69 Å². The van der Waals surface area contributed by atoms with Crippen molar-refractivity contribution in [2.45, 2.75) is 26.3 Å². The maximum Gasteiger partial charge on any atom is 0.224 e. The number of ether oxygens (including phenoxy) is 1. The van der Waals surface area contributed by atoms with Gasteiger partial charge in [0.1, 0.15) is 25.0 Å². The van der Waals surface area contributed by atoms with Gasteiger partial charge in [-0.1, -0.05) is 35.9 Å². The average Bonchev–Trinajstić information content (AvgIpc) is 3.14. The quantitative estimate of drug-likeness (QED) is 0.677. The van der Waals surface area contributed by atoms with Gasteiger partial charge in [0.15, 0.2) is 0 Å². The maximum atomic E-state index is 12.2. The van der Waals surface area contributed by atoms with Crippen molar-refractivity contribution >= 4 is 11.6 Å². The van der Waals surface area contributed by atoms with E-state index in [0.29, 0.717) is 25.3 Å². The Balaban J connectivity index is 1.47. The van der Waals surface area contributed by atoms with Gasteiger partial charge in [0.2, 0.25) is 5.91 Å². The van der Waals surface area contributed by atoms with Crippen LogP contribution < -0.4 is 10.1 Å². The number of carbonyl (C=O) groups is 1. The number of aromatic nitrogens is 3. The molecule has 0 radical (unpaired) electrons. The zero-order valence-corrected chi connectivity index (χ0v) is 14.8. The molecule has 0 atom stereocenters. The number of nitrogens with one attached hydrogen (secondary N) is 1. The third-order valence-electron chi connectivity index (χ3n) is 3.90. The molecule has 1 heterocycles. The van der Waals surface area contributed by atoms with Crippen molar-refractivity contribution in [3.05, 3.63) is 72.3 Å². The summed E-state index contributed by atoms with van der Waals surface area (Å²) in [6, 6.07) is 15.6. The molecule has 2 aromatic carbocycles. The highest BCUT2D eigenvalue weighted by atomic mass is 16.5. The van der Waals surface area contributed by atoms with Crippen LogP contribution in [0.5, 0.6) is 5.75 Å². The lowest BCUT2D eigenvalue weighted by molar-refractivity contribution is -0.116. The number of anilines is 1. The zero-order valence-electron chi connectivity index (χ0n) is 14.8. The van der Waals surface area contributed by atoms with E-state index in [4.69, 9.17) is 4.74 Å². The first kappa shape index (κ1) is 17.7. The Labute approximate surface area is 152 Å². The van der Waals surface area contributed by atoms with Crippen LogP contribution in [0.15, 0.2) is 61.2 Å². The molecule has 1 amide bonds. The van der Waals surface area contributed by atoms with Crippen molar-refractivity contribution in [1.29, 1.82) is 0 Å². The minimum absolute atomic E-state index is 0.00808. The molecule has 134 valence electrons. The number of benzene rings is 2. The Morgan fingerprint density at radius 1 is 1.19 bits per heavy atom. The fraction of sp³-hybridized carbons (Fsp3) is 0.250. The second-order valence-corrected chi connectivity index (χ2v) is 6.07. The number of nitrogens with zero attached hydrogens (tertiary/aromatic N) is 3. The number of carbonyl (C=O) groups excluding carboxylic acids is 1. The summed E-state index contributed by atoms with van der Waals surface area (Å²) < 4.78 is 7.41. The van der Waals surface area contributed by atoms with Crippen LogP contribution in [-0.2, 0) is 17.8 Å². The Kier molecular flexibility index (Phi) is 5.98. The van der Waals surface area contributed by atoms with E-state index < -0.39 is 0 Å². The highest BCUT2D eigenvalue weighted by Crippen LogP contribution is 2.18. The Morgan fingerprint density at radius 2 is 2.08 bits per heavy atom. The first-order valence-electron chi connectivity index (χ1n) is 8.60. The van der Waals surface area contributed by atoms with E-state index in [-0.39, 0.29) is 5.91 Å². The van der Waals surface area contributed by atoms with Crippen LogP contribution in [0.3, 0.4) is 0 Å².